The molecule has 0 radical (unpaired) electrons. The van der Waals surface area contributed by atoms with Gasteiger partial charge in [-0.2, -0.15) is 10.4 Å². The minimum atomic E-state index is -1.10. The summed E-state index contributed by atoms with van der Waals surface area (Å²) in [6.45, 7) is 5.78. The predicted molar refractivity (Wildman–Crippen MR) is 137 cm³/mol. The van der Waals surface area contributed by atoms with Gasteiger partial charge in [-0.3, -0.25) is 4.90 Å². The summed E-state index contributed by atoms with van der Waals surface area (Å²) < 4.78 is 7.02. The van der Waals surface area contributed by atoms with Crippen molar-refractivity contribution < 1.29 is 14.6 Å². The molecule has 4 aromatic rings. The first-order chi connectivity index (χ1) is 17.5. The Kier molecular flexibility index (Phi) is 6.27. The standard InChI is InChI=1S/C27H26N6O3/c1-18-25-23(19-6-8-20(9-7-19)32-14-12-31(11-10-28)13-15-32)17-24(27(34)35)29-26(25)33(30-18)21-4-3-5-22(16-21)36-2/h3-9,16-17H,11-15H2,1-2H3,(H,34,35). The first kappa shape index (κ1) is 23.3. The zero-order valence-corrected chi connectivity index (χ0v) is 20.2. The Morgan fingerprint density at radius 2 is 1.83 bits per heavy atom. The second kappa shape index (κ2) is 9.68. The molecule has 1 aliphatic heterocycles. The third-order valence-electron chi connectivity index (χ3n) is 6.54. The highest BCUT2D eigenvalue weighted by Gasteiger charge is 2.21. The van der Waals surface area contributed by atoms with Crippen LogP contribution in [0.25, 0.3) is 27.8 Å². The quantitative estimate of drug-likeness (QED) is 0.414. The van der Waals surface area contributed by atoms with Gasteiger partial charge in [-0.15, -0.1) is 0 Å². The number of methoxy groups -OCH3 is 1. The van der Waals surface area contributed by atoms with E-state index in [9.17, 15) is 9.90 Å². The number of aromatic nitrogens is 3. The lowest BCUT2D eigenvalue weighted by atomic mass is 10.0. The molecule has 1 saturated heterocycles. The molecule has 0 amide bonds. The maximum absolute atomic E-state index is 12.0. The number of carbonyl (C=O) groups is 1. The summed E-state index contributed by atoms with van der Waals surface area (Å²) in [4.78, 5) is 20.9. The maximum atomic E-state index is 12.0. The van der Waals surface area contributed by atoms with E-state index in [1.807, 2.05) is 43.3 Å². The monoisotopic (exact) mass is 482 g/mol. The van der Waals surface area contributed by atoms with Gasteiger partial charge in [0.15, 0.2) is 11.3 Å². The van der Waals surface area contributed by atoms with Crippen molar-refractivity contribution in [1.82, 2.24) is 19.7 Å². The molecule has 9 heteroatoms. The van der Waals surface area contributed by atoms with Crippen molar-refractivity contribution in [3.63, 3.8) is 0 Å². The number of fused-ring (bicyclic) bond motifs is 1. The zero-order chi connectivity index (χ0) is 25.2. The third-order valence-corrected chi connectivity index (χ3v) is 6.54. The molecular formula is C27H26N6O3. The summed E-state index contributed by atoms with van der Waals surface area (Å²) in [6.07, 6.45) is 0. The summed E-state index contributed by atoms with van der Waals surface area (Å²) in [5.74, 6) is -0.423. The Hall–Kier alpha value is -4.42. The SMILES string of the molecule is COc1cccc(-n2nc(C)c3c(-c4ccc(N5CCN(CC#N)CC5)cc4)cc(C(=O)O)nc32)c1. The number of rotatable bonds is 6. The molecule has 0 spiro atoms. The van der Waals surface area contributed by atoms with Gasteiger partial charge < -0.3 is 14.7 Å². The molecule has 1 fully saturated rings. The van der Waals surface area contributed by atoms with Crippen molar-refractivity contribution in [3.05, 3.63) is 66.0 Å². The number of carboxylic acids is 1. The van der Waals surface area contributed by atoms with E-state index in [1.54, 1.807) is 17.9 Å². The molecule has 1 N–H and O–H groups in total. The van der Waals surface area contributed by atoms with E-state index in [2.05, 4.69) is 33.0 Å². The van der Waals surface area contributed by atoms with E-state index in [1.165, 1.54) is 0 Å². The largest absolute Gasteiger partial charge is 0.497 e. The fraction of sp³-hybridized carbons (Fsp3) is 0.259. The van der Waals surface area contributed by atoms with Crippen LogP contribution < -0.4 is 9.64 Å². The van der Waals surface area contributed by atoms with Crippen LogP contribution in [0.5, 0.6) is 5.75 Å². The van der Waals surface area contributed by atoms with Crippen LogP contribution in [0, 0.1) is 18.3 Å². The van der Waals surface area contributed by atoms with E-state index in [-0.39, 0.29) is 5.69 Å². The lowest BCUT2D eigenvalue weighted by Gasteiger charge is -2.35. The number of nitrogens with zero attached hydrogens (tertiary/aromatic N) is 6. The third kappa shape index (κ3) is 4.34. The smallest absolute Gasteiger partial charge is 0.354 e. The van der Waals surface area contributed by atoms with Gasteiger partial charge in [0.25, 0.3) is 0 Å². The van der Waals surface area contributed by atoms with Gasteiger partial charge in [-0.1, -0.05) is 18.2 Å². The average molecular weight is 483 g/mol. The van der Waals surface area contributed by atoms with Crippen molar-refractivity contribution in [2.24, 2.45) is 0 Å². The summed E-state index contributed by atoms with van der Waals surface area (Å²) in [5.41, 5.74) is 4.69. The number of ether oxygens (including phenoxy) is 1. The Morgan fingerprint density at radius 3 is 2.50 bits per heavy atom. The molecule has 36 heavy (non-hydrogen) atoms. The van der Waals surface area contributed by atoms with E-state index >= 15 is 0 Å². The van der Waals surface area contributed by atoms with Gasteiger partial charge in [-0.25, -0.2) is 14.5 Å². The molecule has 2 aromatic carbocycles. The van der Waals surface area contributed by atoms with Crippen LogP contribution in [0.3, 0.4) is 0 Å². The number of benzene rings is 2. The van der Waals surface area contributed by atoms with Gasteiger partial charge in [0.1, 0.15) is 5.75 Å². The summed E-state index contributed by atoms with van der Waals surface area (Å²) in [7, 11) is 1.60. The van der Waals surface area contributed by atoms with Gasteiger partial charge in [0.2, 0.25) is 0 Å². The molecular weight excluding hydrogens is 456 g/mol. The number of anilines is 1. The molecule has 0 aliphatic carbocycles. The molecule has 0 unspecified atom stereocenters. The maximum Gasteiger partial charge on any atom is 0.354 e. The van der Waals surface area contributed by atoms with Crippen molar-refractivity contribution >= 4 is 22.7 Å². The second-order valence-electron chi connectivity index (χ2n) is 8.73. The lowest BCUT2D eigenvalue weighted by Crippen LogP contribution is -2.46. The normalized spacial score (nSPS) is 14.1. The number of nitriles is 1. The Bertz CT molecular complexity index is 1460. The van der Waals surface area contributed by atoms with E-state index in [4.69, 9.17) is 15.1 Å². The molecule has 2 aromatic heterocycles. The highest BCUT2D eigenvalue weighted by atomic mass is 16.5. The second-order valence-corrected chi connectivity index (χ2v) is 8.73. The number of aryl methyl sites for hydroxylation is 1. The van der Waals surface area contributed by atoms with Gasteiger partial charge in [0, 0.05) is 37.9 Å². The predicted octanol–water partition coefficient (Wildman–Crippen LogP) is 3.75. The van der Waals surface area contributed by atoms with Gasteiger partial charge in [-0.05, 0) is 48.4 Å². The molecule has 1 aliphatic rings. The minimum absolute atomic E-state index is 0.0424. The van der Waals surface area contributed by atoms with Crippen LogP contribution in [-0.4, -0.2) is 70.6 Å². The van der Waals surface area contributed by atoms with Crippen LogP contribution in [0.4, 0.5) is 5.69 Å². The van der Waals surface area contributed by atoms with Gasteiger partial charge in [0.05, 0.1) is 36.5 Å². The number of hydrogen-bond donors (Lipinski definition) is 1. The van der Waals surface area contributed by atoms with Gasteiger partial charge >= 0.3 is 5.97 Å². The summed E-state index contributed by atoms with van der Waals surface area (Å²) in [6, 6.07) is 19.4. The van der Waals surface area contributed by atoms with Crippen LogP contribution in [0.1, 0.15) is 16.2 Å². The summed E-state index contributed by atoms with van der Waals surface area (Å²) >= 11 is 0. The molecule has 0 atom stereocenters. The zero-order valence-electron chi connectivity index (χ0n) is 20.2. The fourth-order valence-electron chi connectivity index (χ4n) is 4.66. The van der Waals surface area contributed by atoms with E-state index in [0.29, 0.717) is 17.9 Å². The van der Waals surface area contributed by atoms with Crippen molar-refractivity contribution in [2.75, 3.05) is 44.7 Å². The Morgan fingerprint density at radius 1 is 1.08 bits per heavy atom. The number of aromatic carboxylic acids is 1. The minimum Gasteiger partial charge on any atom is -0.497 e. The molecule has 0 saturated carbocycles. The topological polar surface area (TPSA) is 108 Å². The number of pyridine rings is 1. The lowest BCUT2D eigenvalue weighted by molar-refractivity contribution is 0.0691. The average Bonchev–Trinajstić information content (AvgIpc) is 3.25. The summed E-state index contributed by atoms with van der Waals surface area (Å²) in [5, 5.41) is 24.2. The fourth-order valence-corrected chi connectivity index (χ4v) is 4.66. The number of hydrogen-bond acceptors (Lipinski definition) is 7. The van der Waals surface area contributed by atoms with E-state index in [0.717, 1.165) is 59.8 Å². The van der Waals surface area contributed by atoms with E-state index < -0.39 is 5.97 Å². The van der Waals surface area contributed by atoms with Crippen molar-refractivity contribution in [2.45, 2.75) is 6.92 Å². The van der Waals surface area contributed by atoms with Crippen LogP contribution in [-0.2, 0) is 0 Å². The molecule has 0 bridgehead atoms. The molecule has 9 nitrogen and oxygen atoms in total. The van der Waals surface area contributed by atoms with Crippen LogP contribution >= 0.6 is 0 Å². The first-order valence-electron chi connectivity index (χ1n) is 11.7. The molecule has 5 rings (SSSR count). The van der Waals surface area contributed by atoms with Crippen LogP contribution in [0.15, 0.2) is 54.6 Å². The highest BCUT2D eigenvalue weighted by molar-refractivity contribution is 6.00. The van der Waals surface area contributed by atoms with Crippen LogP contribution in [0.2, 0.25) is 0 Å². The van der Waals surface area contributed by atoms with Crippen molar-refractivity contribution in [1.29, 1.82) is 5.26 Å². The Balaban J connectivity index is 1.55. The highest BCUT2D eigenvalue weighted by Crippen LogP contribution is 2.34. The number of piperazine rings is 1. The van der Waals surface area contributed by atoms with Crippen molar-refractivity contribution in [3.8, 4) is 28.6 Å². The number of carboxylic acid groups (broad SMARTS) is 1. The Labute approximate surface area is 208 Å². The molecule has 182 valence electrons. The molecule has 3 heterocycles. The first-order valence-corrected chi connectivity index (χ1v) is 11.7.